The Morgan fingerprint density at radius 2 is 1.96 bits per heavy atom. The average molecular weight is 335 g/mol. The van der Waals surface area contributed by atoms with Crippen LogP contribution < -0.4 is 11.1 Å². The fourth-order valence-corrected chi connectivity index (χ4v) is 2.77. The molecule has 1 aromatic rings. The first kappa shape index (κ1) is 20.3. The quantitative estimate of drug-likeness (QED) is 0.301. The molecule has 136 valence electrons. The lowest BCUT2D eigenvalue weighted by Crippen LogP contribution is -2.19. The van der Waals surface area contributed by atoms with Crippen LogP contribution in [-0.2, 0) is 4.79 Å². The molecule has 5 nitrogen and oxygen atoms in total. The van der Waals surface area contributed by atoms with E-state index in [4.69, 9.17) is 10.8 Å². The Morgan fingerprint density at radius 3 is 2.58 bits per heavy atom. The summed E-state index contributed by atoms with van der Waals surface area (Å²) < 4.78 is 0. The van der Waals surface area contributed by atoms with Crippen molar-refractivity contribution in [3.63, 3.8) is 0 Å². The predicted octanol–water partition coefficient (Wildman–Crippen LogP) is 4.29. The van der Waals surface area contributed by atoms with E-state index in [9.17, 15) is 4.79 Å². The van der Waals surface area contributed by atoms with Gasteiger partial charge in [0.15, 0.2) is 0 Å². The van der Waals surface area contributed by atoms with Crippen LogP contribution in [0.15, 0.2) is 30.5 Å². The minimum Gasteiger partial charge on any atom is -0.478 e. The second-order valence-electron chi connectivity index (χ2n) is 6.43. The molecule has 2 atom stereocenters. The number of unbranched alkanes of at least 4 members (excludes halogenated alkanes) is 4. The zero-order valence-corrected chi connectivity index (χ0v) is 14.8. The Kier molecular flexibility index (Phi) is 10.7. The number of anilines is 1. The molecule has 0 aliphatic carbocycles. The Bertz CT molecular complexity index is 457. The summed E-state index contributed by atoms with van der Waals surface area (Å²) in [7, 11) is 0. The Hall–Kier alpha value is -1.75. The van der Waals surface area contributed by atoms with Gasteiger partial charge in [0.25, 0.3) is 0 Å². The van der Waals surface area contributed by atoms with Gasteiger partial charge >= 0.3 is 5.97 Å². The molecule has 0 saturated carbocycles. The second kappa shape index (κ2) is 12.6. The number of carbonyl (C=O) groups is 1. The van der Waals surface area contributed by atoms with Gasteiger partial charge in [-0.15, -0.1) is 0 Å². The third kappa shape index (κ3) is 10.1. The first-order valence-corrected chi connectivity index (χ1v) is 9.18. The van der Waals surface area contributed by atoms with Gasteiger partial charge in [-0.05, 0) is 31.4 Å². The van der Waals surface area contributed by atoms with Crippen molar-refractivity contribution >= 4 is 11.8 Å². The molecule has 24 heavy (non-hydrogen) atoms. The molecule has 0 saturated heterocycles. The molecule has 5 N–H and O–H groups in total. The van der Waals surface area contributed by atoms with E-state index in [1.54, 1.807) is 6.08 Å². The Morgan fingerprint density at radius 1 is 1.25 bits per heavy atom. The van der Waals surface area contributed by atoms with Crippen LogP contribution >= 0.6 is 0 Å². The normalized spacial score (nSPS) is 13.9. The number of carboxylic acids is 1. The van der Waals surface area contributed by atoms with Gasteiger partial charge in [-0.25, -0.2) is 4.79 Å². The third-order valence-corrected chi connectivity index (χ3v) is 4.18. The van der Waals surface area contributed by atoms with Crippen molar-refractivity contribution in [3.8, 4) is 0 Å². The van der Waals surface area contributed by atoms with Crippen LogP contribution in [0.3, 0.4) is 0 Å². The highest BCUT2D eigenvalue weighted by molar-refractivity contribution is 5.79. The molecule has 0 spiro atoms. The number of aromatic nitrogens is 1. The maximum atomic E-state index is 10.7. The molecule has 1 aromatic heterocycles. The molecule has 0 aliphatic rings. The summed E-state index contributed by atoms with van der Waals surface area (Å²) in [6.45, 7) is 2.20. The number of H-pyrrole nitrogens is 1. The molecule has 1 rings (SSSR count). The molecule has 0 aromatic carbocycles. The van der Waals surface area contributed by atoms with Gasteiger partial charge in [0.1, 0.15) is 5.82 Å². The summed E-state index contributed by atoms with van der Waals surface area (Å²) >= 11 is 0. The summed E-state index contributed by atoms with van der Waals surface area (Å²) in [6.07, 6.45) is 15.0. The first-order chi connectivity index (χ1) is 11.6. The van der Waals surface area contributed by atoms with E-state index < -0.39 is 5.97 Å². The smallest absolute Gasteiger partial charge is 0.328 e. The van der Waals surface area contributed by atoms with E-state index >= 15 is 0 Å². The molecule has 0 aliphatic heterocycles. The van der Waals surface area contributed by atoms with Crippen molar-refractivity contribution in [2.24, 2.45) is 5.73 Å². The Labute approximate surface area is 145 Å². The minimum absolute atomic E-state index is 0.0339. The van der Waals surface area contributed by atoms with Gasteiger partial charge in [0, 0.05) is 24.4 Å². The van der Waals surface area contributed by atoms with E-state index in [2.05, 4.69) is 17.2 Å². The molecule has 0 bridgehead atoms. The molecular formula is C19H33N3O2. The summed E-state index contributed by atoms with van der Waals surface area (Å²) in [5, 5.41) is 12.1. The number of hydrogen-bond acceptors (Lipinski definition) is 3. The number of aromatic amines is 1. The minimum atomic E-state index is -0.908. The van der Waals surface area contributed by atoms with Gasteiger partial charge < -0.3 is 21.1 Å². The van der Waals surface area contributed by atoms with Crippen LogP contribution in [0.4, 0.5) is 5.82 Å². The fraction of sp³-hybridized carbons (Fsp3) is 0.632. The van der Waals surface area contributed by atoms with Crippen LogP contribution in [0.1, 0.15) is 64.7 Å². The third-order valence-electron chi connectivity index (χ3n) is 4.18. The predicted molar refractivity (Wildman–Crippen MR) is 100 cm³/mol. The molecule has 0 radical (unpaired) electrons. The standard InChI is InChI=1S/C19H33N3O2/c1-2-3-9-16(20)10-6-4-5-7-11-17(13-14-19(23)24)22-18-12-8-15-21-18/h8,12-17,21-22H,2-7,9-11,20H2,1H3,(H,23,24)/b14-13+/t16-,17+/m0/s1. The number of rotatable bonds is 14. The summed E-state index contributed by atoms with van der Waals surface area (Å²) in [5.41, 5.74) is 6.09. The topological polar surface area (TPSA) is 91.1 Å². The number of nitrogens with two attached hydrogens (primary N) is 1. The molecule has 5 heteroatoms. The van der Waals surface area contributed by atoms with Gasteiger partial charge in [-0.1, -0.05) is 51.5 Å². The summed E-state index contributed by atoms with van der Waals surface area (Å²) in [4.78, 5) is 13.8. The first-order valence-electron chi connectivity index (χ1n) is 9.18. The van der Waals surface area contributed by atoms with Crippen molar-refractivity contribution < 1.29 is 9.90 Å². The summed E-state index contributed by atoms with van der Waals surface area (Å²) in [6, 6.07) is 4.25. The molecule has 0 amide bonds. The second-order valence-corrected chi connectivity index (χ2v) is 6.43. The largest absolute Gasteiger partial charge is 0.478 e. The Balaban J connectivity index is 2.21. The zero-order chi connectivity index (χ0) is 17.6. The molecule has 1 heterocycles. The van der Waals surface area contributed by atoms with Crippen LogP contribution in [0, 0.1) is 0 Å². The van der Waals surface area contributed by atoms with E-state index in [0.29, 0.717) is 6.04 Å². The molecule has 0 fully saturated rings. The van der Waals surface area contributed by atoms with Crippen molar-refractivity contribution in [2.45, 2.75) is 76.8 Å². The van der Waals surface area contributed by atoms with E-state index in [-0.39, 0.29) is 6.04 Å². The van der Waals surface area contributed by atoms with Gasteiger partial charge in [-0.3, -0.25) is 0 Å². The SMILES string of the molecule is CCCC[C@H](N)CCCCCC[C@H](/C=C/C(=O)O)Nc1ccc[nH]1. The van der Waals surface area contributed by atoms with E-state index in [1.807, 2.05) is 18.3 Å². The number of nitrogens with one attached hydrogen (secondary N) is 2. The summed E-state index contributed by atoms with van der Waals surface area (Å²) in [5.74, 6) is 0.00582. The maximum Gasteiger partial charge on any atom is 0.328 e. The van der Waals surface area contributed by atoms with Crippen LogP contribution in [-0.4, -0.2) is 28.1 Å². The van der Waals surface area contributed by atoms with Gasteiger partial charge in [0.05, 0.1) is 0 Å². The molecular weight excluding hydrogens is 302 g/mol. The lowest BCUT2D eigenvalue weighted by atomic mass is 10.0. The lowest BCUT2D eigenvalue weighted by molar-refractivity contribution is -0.131. The maximum absolute atomic E-state index is 10.7. The highest BCUT2D eigenvalue weighted by Crippen LogP contribution is 2.14. The highest BCUT2D eigenvalue weighted by atomic mass is 16.4. The van der Waals surface area contributed by atoms with Crippen molar-refractivity contribution in [1.82, 2.24) is 4.98 Å². The van der Waals surface area contributed by atoms with Crippen molar-refractivity contribution in [3.05, 3.63) is 30.5 Å². The van der Waals surface area contributed by atoms with Crippen molar-refractivity contribution in [1.29, 1.82) is 0 Å². The van der Waals surface area contributed by atoms with Gasteiger partial charge in [-0.2, -0.15) is 0 Å². The van der Waals surface area contributed by atoms with Crippen LogP contribution in [0.2, 0.25) is 0 Å². The number of hydrogen-bond donors (Lipinski definition) is 4. The van der Waals surface area contributed by atoms with Gasteiger partial charge in [0.2, 0.25) is 0 Å². The van der Waals surface area contributed by atoms with E-state index in [0.717, 1.165) is 37.9 Å². The van der Waals surface area contributed by atoms with Crippen molar-refractivity contribution in [2.75, 3.05) is 5.32 Å². The number of carboxylic acid groups (broad SMARTS) is 1. The van der Waals surface area contributed by atoms with E-state index in [1.165, 1.54) is 31.8 Å². The van der Waals surface area contributed by atoms with Crippen LogP contribution in [0.25, 0.3) is 0 Å². The monoisotopic (exact) mass is 335 g/mol. The fourth-order valence-electron chi connectivity index (χ4n) is 2.77. The highest BCUT2D eigenvalue weighted by Gasteiger charge is 2.06. The van der Waals surface area contributed by atoms with Crippen LogP contribution in [0.5, 0.6) is 0 Å². The lowest BCUT2D eigenvalue weighted by Gasteiger charge is -2.15. The average Bonchev–Trinajstić information content (AvgIpc) is 3.06. The molecule has 0 unspecified atom stereocenters. The number of aliphatic carboxylic acids is 1. The zero-order valence-electron chi connectivity index (χ0n) is 14.8.